The second kappa shape index (κ2) is 6.99. The van der Waals surface area contributed by atoms with Crippen molar-refractivity contribution >= 4 is 6.03 Å². The number of carbonyl (C=O) groups is 1. The zero-order chi connectivity index (χ0) is 17.1. The Labute approximate surface area is 142 Å². The van der Waals surface area contributed by atoms with Gasteiger partial charge in [0.1, 0.15) is 17.3 Å². The zero-order valence-corrected chi connectivity index (χ0v) is 14.2. The van der Waals surface area contributed by atoms with Crippen molar-refractivity contribution < 1.29 is 14.3 Å². The minimum atomic E-state index is -0.173. The second-order valence-electron chi connectivity index (χ2n) is 6.61. The van der Waals surface area contributed by atoms with E-state index in [-0.39, 0.29) is 17.8 Å². The molecule has 2 aromatic rings. The summed E-state index contributed by atoms with van der Waals surface area (Å²) in [6, 6.07) is 10.5. The molecule has 5 nitrogen and oxygen atoms in total. The summed E-state index contributed by atoms with van der Waals surface area (Å²) in [5.74, 6) is 2.44. The number of amides is 2. The van der Waals surface area contributed by atoms with Crippen LogP contribution < -0.4 is 5.32 Å². The average Bonchev–Trinajstić information content (AvgIpc) is 3.26. The number of phenols is 1. The van der Waals surface area contributed by atoms with Gasteiger partial charge in [-0.15, -0.1) is 0 Å². The number of nitrogens with one attached hydrogen (secondary N) is 1. The molecule has 0 saturated heterocycles. The summed E-state index contributed by atoms with van der Waals surface area (Å²) in [5, 5.41) is 12.4. The van der Waals surface area contributed by atoms with Crippen LogP contribution in [0.2, 0.25) is 0 Å². The zero-order valence-electron chi connectivity index (χ0n) is 14.2. The van der Waals surface area contributed by atoms with Crippen molar-refractivity contribution in [2.45, 2.75) is 39.3 Å². The van der Waals surface area contributed by atoms with Crippen molar-refractivity contribution in [3.05, 3.63) is 53.5 Å². The molecule has 0 radical (unpaired) electrons. The fraction of sp³-hybridized carbons (Fsp3) is 0.421. The van der Waals surface area contributed by atoms with Gasteiger partial charge in [0.2, 0.25) is 0 Å². The highest BCUT2D eigenvalue weighted by Gasteiger charge is 2.27. The lowest BCUT2D eigenvalue weighted by atomic mass is 10.2. The summed E-state index contributed by atoms with van der Waals surface area (Å²) in [4.78, 5) is 14.5. The van der Waals surface area contributed by atoms with Gasteiger partial charge in [0.05, 0.1) is 6.04 Å². The number of aryl methyl sites for hydroxylation is 1. The summed E-state index contributed by atoms with van der Waals surface area (Å²) in [6.07, 6.45) is 2.37. The molecule has 0 spiro atoms. The molecule has 1 aliphatic carbocycles. The Kier molecular flexibility index (Phi) is 4.79. The predicted molar refractivity (Wildman–Crippen MR) is 91.6 cm³/mol. The third kappa shape index (κ3) is 4.31. The number of hydrogen-bond acceptors (Lipinski definition) is 3. The molecule has 5 heteroatoms. The van der Waals surface area contributed by atoms with E-state index in [4.69, 9.17) is 4.42 Å². The molecule has 1 aromatic carbocycles. The van der Waals surface area contributed by atoms with Crippen LogP contribution in [0.15, 0.2) is 40.8 Å². The molecule has 1 fully saturated rings. The van der Waals surface area contributed by atoms with Crippen LogP contribution >= 0.6 is 0 Å². The number of phenolic OH excluding ortho intramolecular Hbond substituents is 1. The second-order valence-corrected chi connectivity index (χ2v) is 6.61. The van der Waals surface area contributed by atoms with Gasteiger partial charge < -0.3 is 19.7 Å². The lowest BCUT2D eigenvalue weighted by Crippen LogP contribution is -2.41. The molecular formula is C19H24N2O3. The van der Waals surface area contributed by atoms with Gasteiger partial charge in [-0.05, 0) is 62.4 Å². The average molecular weight is 328 g/mol. The highest BCUT2D eigenvalue weighted by Crippen LogP contribution is 2.30. The standard InChI is InChI=1S/C19H24N2O3/c1-13-3-10-18(24-13)14(2)20-19(23)21(11-15-4-5-15)12-16-6-8-17(22)9-7-16/h3,6-10,14-15,22H,4-5,11-12H2,1-2H3,(H,20,23). The van der Waals surface area contributed by atoms with Gasteiger partial charge in [0.25, 0.3) is 0 Å². The number of aromatic hydroxyl groups is 1. The summed E-state index contributed by atoms with van der Waals surface area (Å²) in [7, 11) is 0. The normalized spacial score (nSPS) is 15.1. The highest BCUT2D eigenvalue weighted by molar-refractivity contribution is 5.74. The number of urea groups is 1. The van der Waals surface area contributed by atoms with Gasteiger partial charge in [0.15, 0.2) is 0 Å². The SMILES string of the molecule is Cc1ccc(C(C)NC(=O)N(Cc2ccc(O)cc2)CC2CC2)o1. The smallest absolute Gasteiger partial charge is 0.318 e. The molecule has 2 N–H and O–H groups in total. The number of benzene rings is 1. The monoisotopic (exact) mass is 328 g/mol. The third-order valence-corrected chi connectivity index (χ3v) is 4.30. The summed E-state index contributed by atoms with van der Waals surface area (Å²) in [5.41, 5.74) is 1.00. The molecule has 0 aliphatic heterocycles. The molecule has 1 saturated carbocycles. The number of hydrogen-bond donors (Lipinski definition) is 2. The number of furan rings is 1. The van der Waals surface area contributed by atoms with Gasteiger partial charge in [-0.2, -0.15) is 0 Å². The van der Waals surface area contributed by atoms with Gasteiger partial charge >= 0.3 is 6.03 Å². The Bertz CT molecular complexity index is 689. The van der Waals surface area contributed by atoms with E-state index in [9.17, 15) is 9.90 Å². The van der Waals surface area contributed by atoms with Gasteiger partial charge in [-0.1, -0.05) is 12.1 Å². The van der Waals surface area contributed by atoms with Crippen LogP contribution in [0.25, 0.3) is 0 Å². The van der Waals surface area contributed by atoms with Crippen molar-refractivity contribution in [2.75, 3.05) is 6.54 Å². The van der Waals surface area contributed by atoms with E-state index < -0.39 is 0 Å². The van der Waals surface area contributed by atoms with Gasteiger partial charge in [-0.3, -0.25) is 0 Å². The van der Waals surface area contributed by atoms with Crippen LogP contribution in [-0.2, 0) is 6.54 Å². The summed E-state index contributed by atoms with van der Waals surface area (Å²) in [6.45, 7) is 5.11. The Hall–Kier alpha value is -2.43. The van der Waals surface area contributed by atoms with Crippen LogP contribution in [-0.4, -0.2) is 22.6 Å². The van der Waals surface area contributed by atoms with Gasteiger partial charge in [0, 0.05) is 13.1 Å². The first-order chi connectivity index (χ1) is 11.5. The summed E-state index contributed by atoms with van der Waals surface area (Å²) < 4.78 is 5.59. The molecular weight excluding hydrogens is 304 g/mol. The molecule has 2 amide bonds. The van der Waals surface area contributed by atoms with Crippen LogP contribution in [0.1, 0.15) is 42.9 Å². The molecule has 1 heterocycles. The van der Waals surface area contributed by atoms with E-state index in [1.165, 1.54) is 12.8 Å². The Morgan fingerprint density at radius 1 is 1.29 bits per heavy atom. The van der Waals surface area contributed by atoms with E-state index in [0.29, 0.717) is 12.5 Å². The minimum Gasteiger partial charge on any atom is -0.508 e. The van der Waals surface area contributed by atoms with E-state index in [1.807, 2.05) is 43.0 Å². The highest BCUT2D eigenvalue weighted by atomic mass is 16.3. The Morgan fingerprint density at radius 3 is 2.58 bits per heavy atom. The van der Waals surface area contributed by atoms with Crippen molar-refractivity contribution in [3.8, 4) is 5.75 Å². The summed E-state index contributed by atoms with van der Waals surface area (Å²) >= 11 is 0. The number of rotatable bonds is 6. The molecule has 24 heavy (non-hydrogen) atoms. The van der Waals surface area contributed by atoms with E-state index in [1.54, 1.807) is 12.1 Å². The van der Waals surface area contributed by atoms with Crippen LogP contribution in [0.4, 0.5) is 4.79 Å². The van der Waals surface area contributed by atoms with Crippen molar-refractivity contribution in [1.82, 2.24) is 10.2 Å². The molecule has 1 aliphatic rings. The predicted octanol–water partition coefficient (Wildman–Crippen LogP) is 3.98. The van der Waals surface area contributed by atoms with Crippen LogP contribution in [0, 0.1) is 12.8 Å². The first-order valence-electron chi connectivity index (χ1n) is 8.41. The van der Waals surface area contributed by atoms with Crippen LogP contribution in [0.5, 0.6) is 5.75 Å². The first-order valence-corrected chi connectivity index (χ1v) is 8.41. The molecule has 1 atom stereocenters. The van der Waals surface area contributed by atoms with Crippen molar-refractivity contribution in [3.63, 3.8) is 0 Å². The minimum absolute atomic E-state index is 0.0865. The Morgan fingerprint density at radius 2 is 2.00 bits per heavy atom. The lowest BCUT2D eigenvalue weighted by Gasteiger charge is -2.25. The maximum Gasteiger partial charge on any atom is 0.318 e. The topological polar surface area (TPSA) is 65.7 Å². The molecule has 3 rings (SSSR count). The maximum atomic E-state index is 12.7. The van der Waals surface area contributed by atoms with Crippen molar-refractivity contribution in [2.24, 2.45) is 5.92 Å². The molecule has 1 unspecified atom stereocenters. The molecule has 0 bridgehead atoms. The third-order valence-electron chi connectivity index (χ3n) is 4.30. The number of nitrogens with zero attached hydrogens (tertiary/aromatic N) is 1. The quantitative estimate of drug-likeness (QED) is 0.843. The van der Waals surface area contributed by atoms with E-state index in [2.05, 4.69) is 5.32 Å². The lowest BCUT2D eigenvalue weighted by molar-refractivity contribution is 0.187. The van der Waals surface area contributed by atoms with Crippen LogP contribution in [0.3, 0.4) is 0 Å². The van der Waals surface area contributed by atoms with E-state index >= 15 is 0 Å². The Balaban J connectivity index is 1.65. The van der Waals surface area contributed by atoms with Crippen molar-refractivity contribution in [1.29, 1.82) is 0 Å². The maximum absolute atomic E-state index is 12.7. The van der Waals surface area contributed by atoms with Gasteiger partial charge in [-0.25, -0.2) is 4.79 Å². The molecule has 128 valence electrons. The fourth-order valence-corrected chi connectivity index (χ4v) is 2.69. The largest absolute Gasteiger partial charge is 0.508 e. The fourth-order valence-electron chi connectivity index (χ4n) is 2.69. The van der Waals surface area contributed by atoms with E-state index in [0.717, 1.165) is 23.6 Å². The number of carbonyl (C=O) groups excluding carboxylic acids is 1. The molecule has 1 aromatic heterocycles. The first kappa shape index (κ1) is 16.4.